The zero-order valence-electron chi connectivity index (χ0n) is 15.4. The lowest BCUT2D eigenvalue weighted by Gasteiger charge is -2.12. The SMILES string of the molecule is Cc1ccc(-c2cn3cc(C(=O)N[C@H](C)CO)c(C(F)(F)F)c3c(=O)[nH]2)cc1F. The van der Waals surface area contributed by atoms with E-state index in [0.717, 1.165) is 16.7 Å². The van der Waals surface area contributed by atoms with E-state index in [1.807, 2.05) is 0 Å². The number of aryl methyl sites for hydroxylation is 1. The molecule has 10 heteroatoms. The van der Waals surface area contributed by atoms with Gasteiger partial charge in [0.2, 0.25) is 0 Å². The number of aromatic nitrogens is 2. The van der Waals surface area contributed by atoms with Crippen molar-refractivity contribution < 1.29 is 27.5 Å². The number of benzene rings is 1. The van der Waals surface area contributed by atoms with Gasteiger partial charge in [0.1, 0.15) is 11.3 Å². The Labute approximate surface area is 161 Å². The first-order valence-electron chi connectivity index (χ1n) is 8.56. The second kappa shape index (κ2) is 7.36. The van der Waals surface area contributed by atoms with E-state index in [-0.39, 0.29) is 11.3 Å². The van der Waals surface area contributed by atoms with E-state index in [4.69, 9.17) is 5.11 Å². The van der Waals surface area contributed by atoms with Crippen molar-refractivity contribution in [3.05, 3.63) is 63.5 Å². The fraction of sp³-hybridized carbons (Fsp3) is 0.263. The molecule has 6 nitrogen and oxygen atoms in total. The van der Waals surface area contributed by atoms with Crippen LogP contribution >= 0.6 is 0 Å². The van der Waals surface area contributed by atoms with Crippen LogP contribution in [0.1, 0.15) is 28.4 Å². The summed E-state index contributed by atoms with van der Waals surface area (Å²) < 4.78 is 55.7. The maximum Gasteiger partial charge on any atom is 0.419 e. The molecule has 0 aliphatic rings. The highest BCUT2D eigenvalue weighted by molar-refractivity contribution is 5.98. The second-order valence-corrected chi connectivity index (χ2v) is 6.69. The summed E-state index contributed by atoms with van der Waals surface area (Å²) in [5.41, 5.74) is -3.26. The van der Waals surface area contributed by atoms with Crippen molar-refractivity contribution in [3.63, 3.8) is 0 Å². The summed E-state index contributed by atoms with van der Waals surface area (Å²) in [4.78, 5) is 27.1. The number of halogens is 4. The van der Waals surface area contributed by atoms with Gasteiger partial charge in [0.15, 0.2) is 0 Å². The zero-order chi connectivity index (χ0) is 21.5. The van der Waals surface area contributed by atoms with Crippen LogP contribution in [-0.2, 0) is 6.18 Å². The fourth-order valence-electron chi connectivity index (χ4n) is 2.92. The summed E-state index contributed by atoms with van der Waals surface area (Å²) in [6, 6.07) is 3.35. The molecule has 3 aromatic rings. The van der Waals surface area contributed by atoms with Gasteiger partial charge in [0.25, 0.3) is 11.5 Å². The first-order chi connectivity index (χ1) is 13.5. The zero-order valence-corrected chi connectivity index (χ0v) is 15.4. The molecular weight excluding hydrogens is 394 g/mol. The van der Waals surface area contributed by atoms with Gasteiger partial charge in [-0.15, -0.1) is 0 Å². The van der Waals surface area contributed by atoms with Crippen molar-refractivity contribution in [2.75, 3.05) is 6.61 Å². The predicted molar refractivity (Wildman–Crippen MR) is 97.2 cm³/mol. The van der Waals surface area contributed by atoms with Gasteiger partial charge in [-0.2, -0.15) is 13.2 Å². The van der Waals surface area contributed by atoms with Gasteiger partial charge >= 0.3 is 6.18 Å². The molecule has 0 aliphatic heterocycles. The summed E-state index contributed by atoms with van der Waals surface area (Å²) in [6.45, 7) is 2.49. The number of carbonyl (C=O) groups is 1. The van der Waals surface area contributed by atoms with Crippen molar-refractivity contribution in [1.82, 2.24) is 14.7 Å². The number of nitrogens with zero attached hydrogens (tertiary/aromatic N) is 1. The van der Waals surface area contributed by atoms with Gasteiger partial charge in [0.05, 0.1) is 23.4 Å². The van der Waals surface area contributed by atoms with E-state index < -0.39 is 52.8 Å². The van der Waals surface area contributed by atoms with Crippen LogP contribution in [-0.4, -0.2) is 33.0 Å². The highest BCUT2D eigenvalue weighted by atomic mass is 19.4. The van der Waals surface area contributed by atoms with Crippen LogP contribution in [0.3, 0.4) is 0 Å². The Balaban J connectivity index is 2.23. The maximum absolute atomic E-state index is 13.8. The first kappa shape index (κ1) is 20.6. The van der Waals surface area contributed by atoms with Crippen LogP contribution in [0.5, 0.6) is 0 Å². The molecule has 2 heterocycles. The normalized spacial score (nSPS) is 12.9. The summed E-state index contributed by atoms with van der Waals surface area (Å²) in [6.07, 6.45) is -2.91. The van der Waals surface area contributed by atoms with E-state index >= 15 is 0 Å². The Morgan fingerprint density at radius 2 is 2.00 bits per heavy atom. The number of H-pyrrole nitrogens is 1. The third kappa shape index (κ3) is 3.88. The van der Waals surface area contributed by atoms with E-state index in [2.05, 4.69) is 10.3 Å². The van der Waals surface area contributed by atoms with Crippen LogP contribution in [0, 0.1) is 12.7 Å². The molecule has 0 fully saturated rings. The monoisotopic (exact) mass is 411 g/mol. The van der Waals surface area contributed by atoms with Crippen molar-refractivity contribution >= 4 is 11.4 Å². The highest BCUT2D eigenvalue weighted by Crippen LogP contribution is 2.35. The van der Waals surface area contributed by atoms with Crippen LogP contribution in [0.2, 0.25) is 0 Å². The number of aliphatic hydroxyl groups is 1. The average molecular weight is 411 g/mol. The number of nitrogens with one attached hydrogen (secondary N) is 2. The third-order valence-electron chi connectivity index (χ3n) is 4.43. The van der Waals surface area contributed by atoms with Gasteiger partial charge in [-0.3, -0.25) is 9.59 Å². The molecule has 0 radical (unpaired) electrons. The molecule has 0 saturated carbocycles. The molecule has 2 aromatic heterocycles. The number of amides is 1. The number of alkyl halides is 3. The standard InChI is InChI=1S/C19H17F4N3O3/c1-9-3-4-11(5-13(9)20)14-7-26-6-12(17(28)24-10(2)8-27)15(19(21,22)23)16(26)18(29)25-14/h3-7,10,27H,8H2,1-2H3,(H,24,28)(H,25,29)/t10-/m1/s1. The van der Waals surface area contributed by atoms with E-state index in [0.29, 0.717) is 5.56 Å². The van der Waals surface area contributed by atoms with Crippen LogP contribution in [0.15, 0.2) is 35.4 Å². The molecule has 3 N–H and O–H groups in total. The minimum Gasteiger partial charge on any atom is -0.394 e. The summed E-state index contributed by atoms with van der Waals surface area (Å²) >= 11 is 0. The summed E-state index contributed by atoms with van der Waals surface area (Å²) in [5.74, 6) is -1.62. The largest absolute Gasteiger partial charge is 0.419 e. The smallest absolute Gasteiger partial charge is 0.394 e. The lowest BCUT2D eigenvalue weighted by molar-refractivity contribution is -0.136. The molecule has 3 rings (SSSR count). The highest BCUT2D eigenvalue weighted by Gasteiger charge is 2.40. The van der Waals surface area contributed by atoms with E-state index in [9.17, 15) is 27.2 Å². The predicted octanol–water partition coefficient (Wildman–Crippen LogP) is 2.87. The molecular formula is C19H17F4N3O3. The minimum absolute atomic E-state index is 0.0841. The molecule has 0 saturated heterocycles. The minimum atomic E-state index is -4.98. The number of hydrogen-bond acceptors (Lipinski definition) is 3. The Hall–Kier alpha value is -3.14. The average Bonchev–Trinajstić information content (AvgIpc) is 3.04. The number of carbonyl (C=O) groups excluding carboxylic acids is 1. The first-order valence-corrected chi connectivity index (χ1v) is 8.56. The number of fused-ring (bicyclic) bond motifs is 1. The van der Waals surface area contributed by atoms with Crippen LogP contribution in [0.4, 0.5) is 17.6 Å². The van der Waals surface area contributed by atoms with Gasteiger partial charge < -0.3 is 19.8 Å². The van der Waals surface area contributed by atoms with E-state index in [1.165, 1.54) is 25.3 Å². The second-order valence-electron chi connectivity index (χ2n) is 6.69. The van der Waals surface area contributed by atoms with E-state index in [1.54, 1.807) is 6.92 Å². The topological polar surface area (TPSA) is 86.6 Å². The van der Waals surface area contributed by atoms with Crippen molar-refractivity contribution in [2.45, 2.75) is 26.1 Å². The number of aromatic amines is 1. The molecule has 0 aliphatic carbocycles. The Morgan fingerprint density at radius 1 is 1.31 bits per heavy atom. The molecule has 1 atom stereocenters. The third-order valence-corrected chi connectivity index (χ3v) is 4.43. The summed E-state index contributed by atoms with van der Waals surface area (Å²) in [7, 11) is 0. The Bertz CT molecular complexity index is 1150. The number of hydrogen-bond donors (Lipinski definition) is 3. The Kier molecular flexibility index (Phi) is 5.22. The van der Waals surface area contributed by atoms with Crippen molar-refractivity contribution in [2.24, 2.45) is 0 Å². The number of rotatable bonds is 4. The molecule has 1 aromatic carbocycles. The quantitative estimate of drug-likeness (QED) is 0.577. The van der Waals surface area contributed by atoms with Crippen molar-refractivity contribution in [3.8, 4) is 11.3 Å². The molecule has 29 heavy (non-hydrogen) atoms. The summed E-state index contributed by atoms with van der Waals surface area (Å²) in [5, 5.41) is 11.3. The molecule has 0 bridgehead atoms. The van der Waals surface area contributed by atoms with Crippen LogP contribution in [0.25, 0.3) is 16.8 Å². The van der Waals surface area contributed by atoms with Crippen LogP contribution < -0.4 is 10.9 Å². The van der Waals surface area contributed by atoms with Gasteiger partial charge in [-0.05, 0) is 25.5 Å². The number of aliphatic hydroxyl groups excluding tert-OH is 1. The molecule has 1 amide bonds. The van der Waals surface area contributed by atoms with Gasteiger partial charge in [-0.1, -0.05) is 12.1 Å². The fourth-order valence-corrected chi connectivity index (χ4v) is 2.92. The van der Waals surface area contributed by atoms with Crippen molar-refractivity contribution in [1.29, 1.82) is 0 Å². The Morgan fingerprint density at radius 3 is 2.59 bits per heavy atom. The molecule has 154 valence electrons. The maximum atomic E-state index is 13.8. The lowest BCUT2D eigenvalue weighted by Crippen LogP contribution is -2.35. The van der Waals surface area contributed by atoms with Gasteiger partial charge in [0, 0.05) is 24.0 Å². The molecule has 0 spiro atoms. The van der Waals surface area contributed by atoms with Gasteiger partial charge in [-0.25, -0.2) is 4.39 Å². The molecule has 0 unspecified atom stereocenters. The lowest BCUT2D eigenvalue weighted by atomic mass is 10.1.